The Morgan fingerprint density at radius 2 is 1.80 bits per heavy atom. The van der Waals surface area contributed by atoms with Gasteiger partial charge >= 0.3 is 6.09 Å². The Bertz CT molecular complexity index is 1490. The Kier molecular flexibility index (Phi) is 6.10. The van der Waals surface area contributed by atoms with Gasteiger partial charge in [0.05, 0.1) is 21.7 Å². The zero-order valence-corrected chi connectivity index (χ0v) is 20.4. The van der Waals surface area contributed by atoms with Gasteiger partial charge in [0.15, 0.2) is 0 Å². The third-order valence-electron chi connectivity index (χ3n) is 6.28. The third kappa shape index (κ3) is 4.96. The summed E-state index contributed by atoms with van der Waals surface area (Å²) in [6.45, 7) is 3.69. The molecule has 1 fully saturated rings. The molecule has 1 aliphatic carbocycles. The quantitative estimate of drug-likeness (QED) is 0.321. The van der Waals surface area contributed by atoms with E-state index in [0.29, 0.717) is 5.69 Å². The van der Waals surface area contributed by atoms with Crippen molar-refractivity contribution in [2.24, 2.45) is 5.41 Å². The number of carbonyl (C=O) groups is 2. The van der Waals surface area contributed by atoms with E-state index >= 15 is 0 Å². The first-order valence-corrected chi connectivity index (χ1v) is 12.2. The topological polar surface area (TPSA) is 68.3 Å². The normalized spacial score (nSPS) is 13.5. The molecule has 1 aliphatic rings. The van der Waals surface area contributed by atoms with E-state index in [2.05, 4.69) is 27.6 Å². The fourth-order valence-electron chi connectivity index (χ4n) is 3.92. The molecular weight excluding hydrogens is 456 g/mol. The van der Waals surface area contributed by atoms with Gasteiger partial charge in [-0.3, -0.25) is 10.1 Å². The van der Waals surface area contributed by atoms with Crippen LogP contribution in [0.2, 0.25) is 0 Å². The Morgan fingerprint density at radius 1 is 1.06 bits per heavy atom. The summed E-state index contributed by atoms with van der Waals surface area (Å²) in [4.78, 5) is 25.1. The first kappa shape index (κ1) is 22.8. The molecule has 1 saturated carbocycles. The zero-order chi connectivity index (χ0) is 24.4. The van der Waals surface area contributed by atoms with Crippen molar-refractivity contribution in [2.75, 3.05) is 5.32 Å². The van der Waals surface area contributed by atoms with E-state index in [1.807, 2.05) is 67.6 Å². The predicted molar refractivity (Wildman–Crippen MR) is 139 cm³/mol. The highest BCUT2D eigenvalue weighted by Gasteiger charge is 2.45. The van der Waals surface area contributed by atoms with Crippen LogP contribution in [0.4, 0.5) is 10.5 Å². The van der Waals surface area contributed by atoms with E-state index < -0.39 is 11.5 Å². The molecule has 0 atom stereocenters. The van der Waals surface area contributed by atoms with Crippen LogP contribution in [0.5, 0.6) is 0 Å². The number of hydrogen-bond donors (Lipinski definition) is 1. The first-order valence-electron chi connectivity index (χ1n) is 11.5. The van der Waals surface area contributed by atoms with E-state index in [9.17, 15) is 9.59 Å². The van der Waals surface area contributed by atoms with Gasteiger partial charge in [-0.15, -0.1) is 0 Å². The lowest BCUT2D eigenvalue weighted by atomic mass is 10.0. The summed E-state index contributed by atoms with van der Waals surface area (Å²) in [5.41, 5.74) is 3.77. The number of fused-ring (bicyclic) bond motifs is 1. The number of ketones is 1. The number of anilines is 1. The number of nitrogens with zero attached hydrogens (tertiary/aromatic N) is 1. The van der Waals surface area contributed by atoms with Crippen LogP contribution in [-0.2, 0) is 16.1 Å². The number of ether oxygens (including phenoxy) is 1. The molecule has 0 unspecified atom stereocenters. The molecule has 0 bridgehead atoms. The average molecular weight is 481 g/mol. The van der Waals surface area contributed by atoms with Crippen LogP contribution < -0.4 is 5.32 Å². The van der Waals surface area contributed by atoms with Crippen LogP contribution in [0.25, 0.3) is 21.2 Å². The van der Waals surface area contributed by atoms with Gasteiger partial charge in [0, 0.05) is 5.56 Å². The molecule has 0 saturated heterocycles. The lowest BCUT2D eigenvalue weighted by molar-refractivity contribution is -0.120. The highest BCUT2D eigenvalue weighted by Crippen LogP contribution is 2.45. The Morgan fingerprint density at radius 3 is 2.54 bits per heavy atom. The van der Waals surface area contributed by atoms with Gasteiger partial charge in [-0.05, 0) is 78.3 Å². The summed E-state index contributed by atoms with van der Waals surface area (Å²) in [5.74, 6) is 6.52. The Hall–Kier alpha value is -3.95. The van der Waals surface area contributed by atoms with Crippen molar-refractivity contribution in [1.29, 1.82) is 0 Å². The first-order chi connectivity index (χ1) is 16.9. The van der Waals surface area contributed by atoms with Crippen molar-refractivity contribution in [2.45, 2.75) is 33.3 Å². The van der Waals surface area contributed by atoms with Gasteiger partial charge in [-0.25, -0.2) is 4.79 Å². The molecule has 3 aromatic carbocycles. The molecule has 0 radical (unpaired) electrons. The molecule has 1 N–H and O–H groups in total. The summed E-state index contributed by atoms with van der Waals surface area (Å²) in [7, 11) is 0. The molecule has 5 nitrogen and oxygen atoms in total. The molecule has 0 aliphatic heterocycles. The number of carbonyl (C=O) groups excluding carboxylic acids is 2. The second kappa shape index (κ2) is 9.36. The largest absolute Gasteiger partial charge is 0.444 e. The predicted octanol–water partition coefficient (Wildman–Crippen LogP) is 6.74. The van der Waals surface area contributed by atoms with Crippen LogP contribution in [0.1, 0.15) is 36.6 Å². The van der Waals surface area contributed by atoms with E-state index in [1.54, 1.807) is 6.92 Å². The summed E-state index contributed by atoms with van der Waals surface area (Å²) >= 11 is 1.34. The molecule has 6 heteroatoms. The maximum absolute atomic E-state index is 12.5. The van der Waals surface area contributed by atoms with Gasteiger partial charge in [-0.2, -0.15) is 4.37 Å². The number of rotatable bonds is 5. The van der Waals surface area contributed by atoms with E-state index in [-0.39, 0.29) is 12.4 Å². The number of amides is 1. The van der Waals surface area contributed by atoms with E-state index in [0.717, 1.165) is 50.9 Å². The molecule has 35 heavy (non-hydrogen) atoms. The van der Waals surface area contributed by atoms with Gasteiger partial charge in [0.25, 0.3) is 0 Å². The van der Waals surface area contributed by atoms with Crippen LogP contribution >= 0.6 is 11.5 Å². The standard InChI is InChI=1S/C29H24N2O3S/c1-19-26(30-28(33)34-18-22-6-4-3-5-7-22)27(35-31-19)25-11-10-23-16-21(8-9-24(23)17-25)12-13-29(14-15-29)20(2)32/h3-11,16-17H,14-15,18H2,1-2H3,(H,30,33). The van der Waals surface area contributed by atoms with Crippen molar-refractivity contribution in [1.82, 2.24) is 4.37 Å². The SMILES string of the molecule is CC(=O)C1(C#Cc2ccc3cc(-c4snc(C)c4NC(=O)OCc4ccccc4)ccc3c2)CC1. The van der Waals surface area contributed by atoms with Crippen LogP contribution in [0, 0.1) is 24.2 Å². The minimum Gasteiger partial charge on any atom is -0.444 e. The van der Waals surface area contributed by atoms with E-state index in [4.69, 9.17) is 4.74 Å². The minimum atomic E-state index is -0.513. The molecule has 1 heterocycles. The Labute approximate surface area is 208 Å². The number of aryl methyl sites for hydroxylation is 1. The molecule has 174 valence electrons. The van der Waals surface area contributed by atoms with Crippen LogP contribution in [-0.4, -0.2) is 16.3 Å². The van der Waals surface area contributed by atoms with Gasteiger partial charge in [0.1, 0.15) is 12.4 Å². The zero-order valence-electron chi connectivity index (χ0n) is 19.6. The number of nitrogens with one attached hydrogen (secondary N) is 1. The Balaban J connectivity index is 1.34. The van der Waals surface area contributed by atoms with Gasteiger partial charge < -0.3 is 4.74 Å². The highest BCUT2D eigenvalue weighted by molar-refractivity contribution is 7.10. The maximum Gasteiger partial charge on any atom is 0.412 e. The van der Waals surface area contributed by atoms with Crippen molar-refractivity contribution in [3.05, 3.63) is 83.6 Å². The van der Waals surface area contributed by atoms with Crippen molar-refractivity contribution in [3.8, 4) is 22.3 Å². The lowest BCUT2D eigenvalue weighted by Gasteiger charge is -2.09. The lowest BCUT2D eigenvalue weighted by Crippen LogP contribution is -2.14. The van der Waals surface area contributed by atoms with Crippen molar-refractivity contribution >= 4 is 39.9 Å². The average Bonchev–Trinajstić information content (AvgIpc) is 3.59. The number of benzene rings is 3. The highest BCUT2D eigenvalue weighted by atomic mass is 32.1. The minimum absolute atomic E-state index is 0.156. The van der Waals surface area contributed by atoms with Crippen LogP contribution in [0.15, 0.2) is 66.7 Å². The molecule has 1 amide bonds. The number of Topliss-reactive ketones (excluding diaryl/α,β-unsaturated/α-hetero) is 1. The van der Waals surface area contributed by atoms with Crippen LogP contribution in [0.3, 0.4) is 0 Å². The summed E-state index contributed by atoms with van der Waals surface area (Å²) < 4.78 is 9.84. The summed E-state index contributed by atoms with van der Waals surface area (Å²) in [6, 6.07) is 21.8. The molecule has 5 rings (SSSR count). The molecule has 4 aromatic rings. The smallest absolute Gasteiger partial charge is 0.412 e. The second-order valence-electron chi connectivity index (χ2n) is 8.82. The maximum atomic E-state index is 12.5. The van der Waals surface area contributed by atoms with Gasteiger partial charge in [0.2, 0.25) is 0 Å². The van der Waals surface area contributed by atoms with E-state index in [1.165, 1.54) is 11.5 Å². The van der Waals surface area contributed by atoms with Crippen molar-refractivity contribution < 1.29 is 14.3 Å². The summed E-state index contributed by atoms with van der Waals surface area (Å²) in [5, 5.41) is 4.99. The van der Waals surface area contributed by atoms with Gasteiger partial charge in [-0.1, -0.05) is 60.4 Å². The molecule has 1 aromatic heterocycles. The third-order valence-corrected chi connectivity index (χ3v) is 7.26. The molecule has 0 spiro atoms. The second-order valence-corrected chi connectivity index (χ2v) is 9.60. The molecular formula is C29H24N2O3S. The fraction of sp³-hybridized carbons (Fsp3) is 0.207. The number of hydrogen-bond acceptors (Lipinski definition) is 5. The monoisotopic (exact) mass is 480 g/mol. The number of aromatic nitrogens is 1. The fourth-order valence-corrected chi connectivity index (χ4v) is 4.76. The summed E-state index contributed by atoms with van der Waals surface area (Å²) in [6.07, 6.45) is 1.20. The van der Waals surface area contributed by atoms with Crippen molar-refractivity contribution in [3.63, 3.8) is 0 Å².